The predicted octanol–water partition coefficient (Wildman–Crippen LogP) is 2.80. The highest BCUT2D eigenvalue weighted by atomic mass is 16.2. The van der Waals surface area contributed by atoms with Crippen LogP contribution in [0, 0.1) is 6.92 Å². The van der Waals surface area contributed by atoms with Crippen molar-refractivity contribution in [3.63, 3.8) is 0 Å². The zero-order valence-corrected chi connectivity index (χ0v) is 10.5. The number of carbonyl (C=O) groups is 1. The third kappa shape index (κ3) is 3.37. The first-order valence-electron chi connectivity index (χ1n) is 6.01. The molecule has 0 aliphatic rings. The van der Waals surface area contributed by atoms with Gasteiger partial charge in [0.15, 0.2) is 0 Å². The molecule has 0 saturated carbocycles. The van der Waals surface area contributed by atoms with E-state index in [1.165, 1.54) is 11.1 Å². The van der Waals surface area contributed by atoms with E-state index in [1.54, 1.807) is 0 Å². The maximum absolute atomic E-state index is 11.8. The van der Waals surface area contributed by atoms with Crippen molar-refractivity contribution in [1.29, 1.82) is 0 Å². The fraction of sp³-hybridized carbons (Fsp3) is 0.500. The van der Waals surface area contributed by atoms with E-state index < -0.39 is 0 Å². The highest BCUT2D eigenvalue weighted by molar-refractivity contribution is 5.76. The maximum atomic E-state index is 11.8. The molecule has 0 bridgehead atoms. The van der Waals surface area contributed by atoms with Gasteiger partial charge in [-0.2, -0.15) is 0 Å². The number of aryl methyl sites for hydroxylation is 2. The Morgan fingerprint density at radius 1 is 1.19 bits per heavy atom. The smallest absolute Gasteiger partial charge is 0.222 e. The summed E-state index contributed by atoms with van der Waals surface area (Å²) in [4.78, 5) is 13.7. The quantitative estimate of drug-likeness (QED) is 0.745. The van der Waals surface area contributed by atoms with Crippen molar-refractivity contribution in [1.82, 2.24) is 4.90 Å². The van der Waals surface area contributed by atoms with E-state index in [4.69, 9.17) is 0 Å². The lowest BCUT2D eigenvalue weighted by Gasteiger charge is -2.18. The van der Waals surface area contributed by atoms with Crippen LogP contribution in [-0.4, -0.2) is 23.9 Å². The van der Waals surface area contributed by atoms with Gasteiger partial charge in [-0.05, 0) is 38.3 Å². The fourth-order valence-electron chi connectivity index (χ4n) is 1.87. The van der Waals surface area contributed by atoms with Gasteiger partial charge in [-0.25, -0.2) is 0 Å². The summed E-state index contributed by atoms with van der Waals surface area (Å²) < 4.78 is 0. The molecule has 88 valence electrons. The molecule has 0 spiro atoms. The average molecular weight is 219 g/mol. The van der Waals surface area contributed by atoms with Gasteiger partial charge in [-0.15, -0.1) is 0 Å². The number of amides is 1. The molecule has 2 heteroatoms. The summed E-state index contributed by atoms with van der Waals surface area (Å²) in [6.07, 6.45) is 1.47. The minimum atomic E-state index is 0.258. The molecular weight excluding hydrogens is 198 g/mol. The zero-order chi connectivity index (χ0) is 12.0. The molecule has 0 heterocycles. The molecule has 0 unspecified atom stereocenters. The highest BCUT2D eigenvalue weighted by Gasteiger charge is 2.09. The van der Waals surface area contributed by atoms with Crippen LogP contribution in [-0.2, 0) is 11.2 Å². The molecule has 0 radical (unpaired) electrons. The van der Waals surface area contributed by atoms with E-state index in [0.29, 0.717) is 6.42 Å². The Balaban J connectivity index is 2.52. The summed E-state index contributed by atoms with van der Waals surface area (Å²) in [5, 5.41) is 0. The number of benzene rings is 1. The second-order valence-corrected chi connectivity index (χ2v) is 3.99. The van der Waals surface area contributed by atoms with Crippen LogP contribution in [0.4, 0.5) is 0 Å². The molecule has 0 atom stereocenters. The summed E-state index contributed by atoms with van der Waals surface area (Å²) in [5.74, 6) is 0.258. The van der Waals surface area contributed by atoms with Gasteiger partial charge >= 0.3 is 0 Å². The molecule has 0 fully saturated rings. The largest absolute Gasteiger partial charge is 0.343 e. The number of rotatable bonds is 5. The Kier molecular flexibility index (Phi) is 5.03. The number of hydrogen-bond acceptors (Lipinski definition) is 1. The Morgan fingerprint density at radius 3 is 2.38 bits per heavy atom. The Hall–Kier alpha value is -1.31. The van der Waals surface area contributed by atoms with E-state index in [2.05, 4.69) is 19.1 Å². The zero-order valence-electron chi connectivity index (χ0n) is 10.5. The normalized spacial score (nSPS) is 10.2. The molecular formula is C14H21NO. The molecule has 0 aliphatic carbocycles. The first-order valence-corrected chi connectivity index (χ1v) is 6.01. The van der Waals surface area contributed by atoms with Crippen LogP contribution in [0.5, 0.6) is 0 Å². The Bertz CT molecular complexity index is 342. The van der Waals surface area contributed by atoms with Crippen molar-refractivity contribution in [3.8, 4) is 0 Å². The Morgan fingerprint density at radius 2 is 1.81 bits per heavy atom. The van der Waals surface area contributed by atoms with Crippen molar-refractivity contribution in [2.75, 3.05) is 13.1 Å². The summed E-state index contributed by atoms with van der Waals surface area (Å²) in [7, 11) is 0. The topological polar surface area (TPSA) is 20.3 Å². The summed E-state index contributed by atoms with van der Waals surface area (Å²) in [6.45, 7) is 7.76. The Labute approximate surface area is 98.3 Å². The van der Waals surface area contributed by atoms with Gasteiger partial charge in [0.05, 0.1) is 0 Å². The molecule has 0 saturated heterocycles. The lowest BCUT2D eigenvalue weighted by Crippen LogP contribution is -2.30. The first-order chi connectivity index (χ1) is 7.69. The average Bonchev–Trinajstić information content (AvgIpc) is 2.29. The second kappa shape index (κ2) is 6.31. The number of carbonyl (C=O) groups excluding carboxylic acids is 1. The van der Waals surface area contributed by atoms with E-state index in [9.17, 15) is 4.79 Å². The molecule has 0 aliphatic heterocycles. The van der Waals surface area contributed by atoms with Crippen LogP contribution >= 0.6 is 0 Å². The lowest BCUT2D eigenvalue weighted by atomic mass is 10.0. The third-order valence-corrected chi connectivity index (χ3v) is 2.99. The van der Waals surface area contributed by atoms with Gasteiger partial charge in [-0.3, -0.25) is 4.79 Å². The minimum Gasteiger partial charge on any atom is -0.343 e. The van der Waals surface area contributed by atoms with Crippen molar-refractivity contribution in [2.45, 2.75) is 33.6 Å². The minimum absolute atomic E-state index is 0.258. The molecule has 0 N–H and O–H groups in total. The lowest BCUT2D eigenvalue weighted by molar-refractivity contribution is -0.130. The fourth-order valence-corrected chi connectivity index (χ4v) is 1.87. The molecule has 1 amide bonds. The standard InChI is InChI=1S/C14H21NO/c1-4-15(5-2)14(16)11-10-13-9-7-6-8-12(13)3/h6-9H,4-5,10-11H2,1-3H3. The molecule has 2 nitrogen and oxygen atoms in total. The molecule has 0 aromatic heterocycles. The van der Waals surface area contributed by atoms with Gasteiger partial charge in [0.25, 0.3) is 0 Å². The van der Waals surface area contributed by atoms with Crippen LogP contribution in [0.3, 0.4) is 0 Å². The highest BCUT2D eigenvalue weighted by Crippen LogP contribution is 2.10. The number of hydrogen-bond donors (Lipinski definition) is 0. The molecule has 1 aromatic carbocycles. The maximum Gasteiger partial charge on any atom is 0.222 e. The van der Waals surface area contributed by atoms with Crippen LogP contribution < -0.4 is 0 Å². The van der Waals surface area contributed by atoms with Crippen molar-refractivity contribution in [3.05, 3.63) is 35.4 Å². The summed E-state index contributed by atoms with van der Waals surface area (Å²) in [6, 6.07) is 8.26. The second-order valence-electron chi connectivity index (χ2n) is 3.99. The van der Waals surface area contributed by atoms with Crippen LogP contribution in [0.2, 0.25) is 0 Å². The molecule has 1 aromatic rings. The van der Waals surface area contributed by atoms with Crippen LogP contribution in [0.25, 0.3) is 0 Å². The predicted molar refractivity (Wildman–Crippen MR) is 67.4 cm³/mol. The van der Waals surface area contributed by atoms with Gasteiger partial charge in [-0.1, -0.05) is 24.3 Å². The van der Waals surface area contributed by atoms with E-state index >= 15 is 0 Å². The molecule has 1 rings (SSSR count). The van der Waals surface area contributed by atoms with E-state index in [1.807, 2.05) is 30.9 Å². The molecule has 16 heavy (non-hydrogen) atoms. The van der Waals surface area contributed by atoms with Crippen molar-refractivity contribution < 1.29 is 4.79 Å². The van der Waals surface area contributed by atoms with E-state index in [0.717, 1.165) is 19.5 Å². The van der Waals surface area contributed by atoms with Crippen molar-refractivity contribution >= 4 is 5.91 Å². The monoisotopic (exact) mass is 219 g/mol. The van der Waals surface area contributed by atoms with Gasteiger partial charge < -0.3 is 4.90 Å². The van der Waals surface area contributed by atoms with Crippen LogP contribution in [0.1, 0.15) is 31.4 Å². The summed E-state index contributed by atoms with van der Waals surface area (Å²) >= 11 is 0. The first kappa shape index (κ1) is 12.8. The van der Waals surface area contributed by atoms with Crippen molar-refractivity contribution in [2.24, 2.45) is 0 Å². The van der Waals surface area contributed by atoms with Gasteiger partial charge in [0.1, 0.15) is 0 Å². The summed E-state index contributed by atoms with van der Waals surface area (Å²) in [5.41, 5.74) is 2.55. The van der Waals surface area contributed by atoms with Gasteiger partial charge in [0, 0.05) is 19.5 Å². The third-order valence-electron chi connectivity index (χ3n) is 2.99. The number of nitrogens with zero attached hydrogens (tertiary/aromatic N) is 1. The van der Waals surface area contributed by atoms with E-state index in [-0.39, 0.29) is 5.91 Å². The van der Waals surface area contributed by atoms with Crippen LogP contribution in [0.15, 0.2) is 24.3 Å². The van der Waals surface area contributed by atoms with Gasteiger partial charge in [0.2, 0.25) is 5.91 Å². The SMILES string of the molecule is CCN(CC)C(=O)CCc1ccccc1C.